The summed E-state index contributed by atoms with van der Waals surface area (Å²) in [7, 11) is 0. The third kappa shape index (κ3) is 3.65. The fraction of sp³-hybridized carbons (Fsp3) is 0.538. The first-order valence-corrected chi connectivity index (χ1v) is 6.40. The molecule has 2 heterocycles. The van der Waals surface area contributed by atoms with Gasteiger partial charge in [-0.2, -0.15) is 0 Å². The highest BCUT2D eigenvalue weighted by atomic mass is 16.5. The molecule has 104 valence electrons. The number of rotatable bonds is 6. The first kappa shape index (κ1) is 13.8. The molecule has 6 heteroatoms. The maximum absolute atomic E-state index is 11.6. The van der Waals surface area contributed by atoms with Gasteiger partial charge in [-0.3, -0.25) is 14.5 Å². The standard InChI is InChI=1S/C13H18N2O4/c1-2-5-14-6-10-3-4-11(19-10)7-15-12(16)8-18-9-13(15)17/h3-4,14H,2,5-9H2,1H3. The van der Waals surface area contributed by atoms with Gasteiger partial charge in [-0.15, -0.1) is 0 Å². The highest BCUT2D eigenvalue weighted by Crippen LogP contribution is 2.13. The summed E-state index contributed by atoms with van der Waals surface area (Å²) in [6.07, 6.45) is 1.06. The summed E-state index contributed by atoms with van der Waals surface area (Å²) in [5.74, 6) is 0.769. The smallest absolute Gasteiger partial charge is 0.255 e. The summed E-state index contributed by atoms with van der Waals surface area (Å²) in [6.45, 7) is 3.76. The van der Waals surface area contributed by atoms with Crippen LogP contribution < -0.4 is 5.32 Å². The van der Waals surface area contributed by atoms with E-state index in [0.29, 0.717) is 12.3 Å². The highest BCUT2D eigenvalue weighted by molar-refractivity contribution is 5.98. The number of carbonyl (C=O) groups is 2. The van der Waals surface area contributed by atoms with Crippen LogP contribution in [0.15, 0.2) is 16.5 Å². The topological polar surface area (TPSA) is 71.8 Å². The molecule has 1 fully saturated rings. The predicted octanol–water partition coefficient (Wildman–Crippen LogP) is 0.665. The normalized spacial score (nSPS) is 16.2. The Bertz CT molecular complexity index is 439. The Labute approximate surface area is 111 Å². The summed E-state index contributed by atoms with van der Waals surface area (Å²) in [5.41, 5.74) is 0. The van der Waals surface area contributed by atoms with E-state index in [9.17, 15) is 9.59 Å². The fourth-order valence-electron chi connectivity index (χ4n) is 1.84. The van der Waals surface area contributed by atoms with E-state index in [0.717, 1.165) is 18.7 Å². The zero-order valence-electron chi connectivity index (χ0n) is 11.0. The molecular weight excluding hydrogens is 248 g/mol. The molecule has 0 bridgehead atoms. The molecule has 0 aliphatic carbocycles. The van der Waals surface area contributed by atoms with Crippen molar-refractivity contribution in [2.24, 2.45) is 0 Å². The molecule has 1 N–H and O–H groups in total. The molecule has 1 aliphatic rings. The van der Waals surface area contributed by atoms with E-state index in [4.69, 9.17) is 9.15 Å². The van der Waals surface area contributed by atoms with Crippen molar-refractivity contribution in [2.75, 3.05) is 19.8 Å². The van der Waals surface area contributed by atoms with Crippen molar-refractivity contribution in [1.29, 1.82) is 0 Å². The van der Waals surface area contributed by atoms with Crippen molar-refractivity contribution in [1.82, 2.24) is 10.2 Å². The summed E-state index contributed by atoms with van der Waals surface area (Å²) in [6, 6.07) is 3.65. The molecule has 1 saturated heterocycles. The molecule has 0 radical (unpaired) electrons. The molecule has 1 aromatic heterocycles. The fourth-order valence-corrected chi connectivity index (χ4v) is 1.84. The molecule has 0 atom stereocenters. The van der Waals surface area contributed by atoms with Gasteiger partial charge in [0.05, 0.1) is 13.1 Å². The van der Waals surface area contributed by atoms with E-state index in [2.05, 4.69) is 12.2 Å². The lowest BCUT2D eigenvalue weighted by molar-refractivity contribution is -0.159. The zero-order chi connectivity index (χ0) is 13.7. The van der Waals surface area contributed by atoms with E-state index >= 15 is 0 Å². The predicted molar refractivity (Wildman–Crippen MR) is 67.1 cm³/mol. The quantitative estimate of drug-likeness (QED) is 0.605. The third-order valence-corrected chi connectivity index (χ3v) is 2.81. The van der Waals surface area contributed by atoms with Crippen LogP contribution in [0.5, 0.6) is 0 Å². The van der Waals surface area contributed by atoms with Crippen molar-refractivity contribution >= 4 is 11.8 Å². The van der Waals surface area contributed by atoms with Crippen LogP contribution in [0.4, 0.5) is 0 Å². The number of furan rings is 1. The molecule has 2 rings (SSSR count). The molecule has 1 aliphatic heterocycles. The van der Waals surface area contributed by atoms with Gasteiger partial charge in [0, 0.05) is 0 Å². The van der Waals surface area contributed by atoms with Gasteiger partial charge in [-0.25, -0.2) is 0 Å². The second-order valence-corrected chi connectivity index (χ2v) is 4.41. The van der Waals surface area contributed by atoms with Gasteiger partial charge in [0.25, 0.3) is 11.8 Å². The van der Waals surface area contributed by atoms with Gasteiger partial charge in [0.15, 0.2) is 0 Å². The van der Waals surface area contributed by atoms with Gasteiger partial charge in [-0.1, -0.05) is 6.92 Å². The number of amides is 2. The van der Waals surface area contributed by atoms with Crippen molar-refractivity contribution in [3.63, 3.8) is 0 Å². The number of hydrogen-bond donors (Lipinski definition) is 1. The molecule has 19 heavy (non-hydrogen) atoms. The Morgan fingerprint density at radius 3 is 2.58 bits per heavy atom. The van der Waals surface area contributed by atoms with Crippen molar-refractivity contribution < 1.29 is 18.7 Å². The molecular formula is C13H18N2O4. The molecule has 2 amide bonds. The average molecular weight is 266 g/mol. The van der Waals surface area contributed by atoms with E-state index < -0.39 is 0 Å². The number of hydrogen-bond acceptors (Lipinski definition) is 5. The first-order valence-electron chi connectivity index (χ1n) is 6.40. The largest absolute Gasteiger partial charge is 0.463 e. The van der Waals surface area contributed by atoms with E-state index in [1.807, 2.05) is 6.07 Å². The maximum Gasteiger partial charge on any atom is 0.255 e. The number of ether oxygens (including phenoxy) is 1. The molecule has 0 spiro atoms. The third-order valence-electron chi connectivity index (χ3n) is 2.81. The molecule has 1 aromatic rings. The summed E-state index contributed by atoms with van der Waals surface area (Å²) < 4.78 is 10.4. The second-order valence-electron chi connectivity index (χ2n) is 4.41. The lowest BCUT2D eigenvalue weighted by Crippen LogP contribution is -2.45. The molecule has 6 nitrogen and oxygen atoms in total. The van der Waals surface area contributed by atoms with Crippen LogP contribution in [0, 0.1) is 0 Å². The van der Waals surface area contributed by atoms with Gasteiger partial charge in [0.1, 0.15) is 24.7 Å². The van der Waals surface area contributed by atoms with Crippen LogP contribution >= 0.6 is 0 Å². The monoisotopic (exact) mass is 266 g/mol. The minimum absolute atomic E-state index is 0.0443. The molecule has 0 unspecified atom stereocenters. The Kier molecular flexibility index (Phi) is 4.70. The highest BCUT2D eigenvalue weighted by Gasteiger charge is 2.27. The van der Waals surface area contributed by atoms with E-state index in [1.165, 1.54) is 4.90 Å². The first-order chi connectivity index (χ1) is 9.20. The Hall–Kier alpha value is -1.66. The molecule has 0 aromatic carbocycles. The number of nitrogens with zero attached hydrogens (tertiary/aromatic N) is 1. The Morgan fingerprint density at radius 1 is 1.21 bits per heavy atom. The lowest BCUT2D eigenvalue weighted by atomic mass is 10.3. The van der Waals surface area contributed by atoms with Gasteiger partial charge < -0.3 is 14.5 Å². The van der Waals surface area contributed by atoms with Crippen LogP contribution in [0.2, 0.25) is 0 Å². The van der Waals surface area contributed by atoms with Crippen LogP contribution in [-0.4, -0.2) is 36.5 Å². The number of carbonyl (C=O) groups excluding carboxylic acids is 2. The summed E-state index contributed by atoms with van der Waals surface area (Å²) in [5, 5.41) is 3.22. The Morgan fingerprint density at radius 2 is 1.89 bits per heavy atom. The minimum Gasteiger partial charge on any atom is -0.463 e. The second kappa shape index (κ2) is 6.49. The van der Waals surface area contributed by atoms with Crippen LogP contribution in [0.25, 0.3) is 0 Å². The number of morpholine rings is 1. The van der Waals surface area contributed by atoms with Crippen molar-refractivity contribution in [3.05, 3.63) is 23.7 Å². The van der Waals surface area contributed by atoms with Crippen molar-refractivity contribution in [2.45, 2.75) is 26.4 Å². The van der Waals surface area contributed by atoms with Crippen LogP contribution in [0.1, 0.15) is 24.9 Å². The Balaban J connectivity index is 1.91. The van der Waals surface area contributed by atoms with Crippen molar-refractivity contribution in [3.8, 4) is 0 Å². The SMILES string of the molecule is CCCNCc1ccc(CN2C(=O)COCC2=O)o1. The van der Waals surface area contributed by atoms with Gasteiger partial charge in [0.2, 0.25) is 0 Å². The van der Waals surface area contributed by atoms with Crippen LogP contribution in [0.3, 0.4) is 0 Å². The van der Waals surface area contributed by atoms with Gasteiger partial charge in [-0.05, 0) is 25.1 Å². The number of nitrogens with one attached hydrogen (secondary N) is 1. The van der Waals surface area contributed by atoms with E-state index in [1.54, 1.807) is 6.07 Å². The van der Waals surface area contributed by atoms with Crippen LogP contribution in [-0.2, 0) is 27.4 Å². The lowest BCUT2D eigenvalue weighted by Gasteiger charge is -2.23. The summed E-state index contributed by atoms with van der Waals surface area (Å²) >= 11 is 0. The number of imide groups is 1. The minimum atomic E-state index is -0.321. The average Bonchev–Trinajstić information content (AvgIpc) is 2.82. The maximum atomic E-state index is 11.6. The van der Waals surface area contributed by atoms with Gasteiger partial charge >= 0.3 is 0 Å². The molecule has 0 saturated carbocycles. The van der Waals surface area contributed by atoms with E-state index in [-0.39, 0.29) is 31.6 Å². The zero-order valence-corrected chi connectivity index (χ0v) is 11.0. The summed E-state index contributed by atoms with van der Waals surface area (Å²) in [4.78, 5) is 24.3.